The minimum atomic E-state index is -0.680. The van der Waals surface area contributed by atoms with Crippen molar-refractivity contribution in [3.05, 3.63) is 0 Å². The lowest BCUT2D eigenvalue weighted by Crippen LogP contribution is -2.52. The molecule has 15 heavy (non-hydrogen) atoms. The zero-order valence-corrected chi connectivity index (χ0v) is 10.0. The molecule has 2 fully saturated rings. The van der Waals surface area contributed by atoms with E-state index < -0.39 is 5.54 Å². The Morgan fingerprint density at radius 1 is 1.33 bits per heavy atom. The quantitative estimate of drug-likeness (QED) is 0.741. The van der Waals surface area contributed by atoms with Crippen molar-refractivity contribution in [1.82, 2.24) is 0 Å². The van der Waals surface area contributed by atoms with E-state index in [2.05, 4.69) is 0 Å². The Labute approximate surface area is 97.1 Å². The number of methoxy groups -OCH3 is 1. The molecule has 2 saturated carbocycles. The summed E-state index contributed by atoms with van der Waals surface area (Å²) >= 11 is 0. The maximum absolute atomic E-state index is 11.5. The van der Waals surface area contributed by atoms with Gasteiger partial charge >= 0.3 is 5.97 Å². The molecule has 2 atom stereocenters. The van der Waals surface area contributed by atoms with Crippen LogP contribution in [0.3, 0.4) is 0 Å². The average Bonchev–Trinajstić information content (AvgIpc) is 3.00. The molecule has 3 nitrogen and oxygen atoms in total. The Balaban J connectivity index is 0.00000112. The molecule has 88 valence electrons. The number of hydrogen-bond acceptors (Lipinski definition) is 3. The number of ether oxygens (including phenoxy) is 1. The highest BCUT2D eigenvalue weighted by Gasteiger charge is 2.44. The maximum atomic E-state index is 11.5. The zero-order valence-electron chi connectivity index (χ0n) is 9.20. The summed E-state index contributed by atoms with van der Waals surface area (Å²) in [5, 5.41) is 0. The fourth-order valence-corrected chi connectivity index (χ4v) is 2.71. The molecule has 0 aliphatic heterocycles. The molecule has 0 aromatic carbocycles. The predicted octanol–water partition coefficient (Wildman–Crippen LogP) is 1.88. The van der Waals surface area contributed by atoms with Gasteiger partial charge in [0.25, 0.3) is 0 Å². The second-order valence-electron chi connectivity index (χ2n) is 4.84. The molecule has 2 aliphatic rings. The number of carbonyl (C=O) groups excluding carboxylic acids is 1. The Bertz CT molecular complexity index is 243. The van der Waals surface area contributed by atoms with Crippen LogP contribution in [0, 0.1) is 11.8 Å². The van der Waals surface area contributed by atoms with Gasteiger partial charge in [0.15, 0.2) is 0 Å². The van der Waals surface area contributed by atoms with Gasteiger partial charge < -0.3 is 10.5 Å². The van der Waals surface area contributed by atoms with E-state index in [0.29, 0.717) is 5.92 Å². The van der Waals surface area contributed by atoms with E-state index >= 15 is 0 Å². The lowest BCUT2D eigenvalue weighted by Gasteiger charge is -2.35. The highest BCUT2D eigenvalue weighted by molar-refractivity contribution is 5.85. The Morgan fingerprint density at radius 3 is 2.53 bits per heavy atom. The van der Waals surface area contributed by atoms with Crippen LogP contribution in [0.1, 0.15) is 38.5 Å². The smallest absolute Gasteiger partial charge is 0.325 e. The van der Waals surface area contributed by atoms with Crippen LogP contribution in [-0.4, -0.2) is 18.6 Å². The molecule has 0 bridgehead atoms. The summed E-state index contributed by atoms with van der Waals surface area (Å²) in [6.45, 7) is 0. The Hall–Kier alpha value is -0.280. The number of halogens is 1. The summed E-state index contributed by atoms with van der Waals surface area (Å²) < 4.78 is 4.78. The summed E-state index contributed by atoms with van der Waals surface area (Å²) in [7, 11) is 1.43. The number of hydrogen-bond donors (Lipinski definition) is 1. The van der Waals surface area contributed by atoms with Crippen molar-refractivity contribution in [3.8, 4) is 0 Å². The fourth-order valence-electron chi connectivity index (χ4n) is 2.71. The van der Waals surface area contributed by atoms with E-state index in [0.717, 1.165) is 25.2 Å². The molecule has 0 heterocycles. The third-order valence-electron chi connectivity index (χ3n) is 3.70. The van der Waals surface area contributed by atoms with Crippen LogP contribution < -0.4 is 5.73 Å². The highest BCUT2D eigenvalue weighted by Crippen LogP contribution is 2.46. The summed E-state index contributed by atoms with van der Waals surface area (Å²) in [5.41, 5.74) is 5.41. The standard InChI is InChI=1S/C11H19NO2.ClH/c1-14-10(13)11(12)6-2-3-9(7-11)8-4-5-8;/h8-9H,2-7,12H2,1H3;1H. The van der Waals surface area contributed by atoms with Crippen LogP contribution >= 0.6 is 12.4 Å². The molecular formula is C11H20ClNO2. The van der Waals surface area contributed by atoms with E-state index in [1.165, 1.54) is 26.4 Å². The molecule has 2 aliphatic carbocycles. The number of carbonyl (C=O) groups is 1. The molecule has 0 aromatic rings. The van der Waals surface area contributed by atoms with Gasteiger partial charge in [0, 0.05) is 0 Å². The molecule has 0 radical (unpaired) electrons. The topological polar surface area (TPSA) is 52.3 Å². The van der Waals surface area contributed by atoms with Gasteiger partial charge in [-0.2, -0.15) is 0 Å². The van der Waals surface area contributed by atoms with Gasteiger partial charge in [-0.1, -0.05) is 12.8 Å². The van der Waals surface area contributed by atoms with Crippen LogP contribution in [0.15, 0.2) is 0 Å². The molecule has 4 heteroatoms. The second kappa shape index (κ2) is 4.71. The van der Waals surface area contributed by atoms with Crippen molar-refractivity contribution < 1.29 is 9.53 Å². The first-order chi connectivity index (χ1) is 6.65. The zero-order chi connectivity index (χ0) is 10.2. The summed E-state index contributed by atoms with van der Waals surface area (Å²) in [6, 6.07) is 0. The molecule has 2 rings (SSSR count). The first-order valence-corrected chi connectivity index (χ1v) is 5.53. The monoisotopic (exact) mass is 233 g/mol. The highest BCUT2D eigenvalue weighted by atomic mass is 35.5. The van der Waals surface area contributed by atoms with Gasteiger partial charge in [0.05, 0.1) is 7.11 Å². The van der Waals surface area contributed by atoms with E-state index in [4.69, 9.17) is 10.5 Å². The molecule has 0 saturated heterocycles. The van der Waals surface area contributed by atoms with Gasteiger partial charge in [-0.15, -0.1) is 12.4 Å². The first kappa shape index (κ1) is 12.8. The molecule has 2 N–H and O–H groups in total. The molecule has 2 unspecified atom stereocenters. The van der Waals surface area contributed by atoms with E-state index in [1.807, 2.05) is 0 Å². The van der Waals surface area contributed by atoms with Crippen LogP contribution in [0.5, 0.6) is 0 Å². The van der Waals surface area contributed by atoms with Gasteiger partial charge in [0.2, 0.25) is 0 Å². The van der Waals surface area contributed by atoms with Crippen LogP contribution in [0.2, 0.25) is 0 Å². The first-order valence-electron chi connectivity index (χ1n) is 5.53. The number of rotatable bonds is 2. The van der Waals surface area contributed by atoms with Crippen molar-refractivity contribution in [2.24, 2.45) is 17.6 Å². The Morgan fingerprint density at radius 2 is 2.00 bits per heavy atom. The van der Waals surface area contributed by atoms with Gasteiger partial charge in [-0.3, -0.25) is 4.79 Å². The fraction of sp³-hybridized carbons (Fsp3) is 0.909. The Kier molecular flexibility index (Phi) is 4.01. The van der Waals surface area contributed by atoms with Crippen molar-refractivity contribution >= 4 is 18.4 Å². The number of nitrogens with two attached hydrogens (primary N) is 1. The third-order valence-corrected chi connectivity index (χ3v) is 3.70. The predicted molar refractivity (Wildman–Crippen MR) is 60.9 cm³/mol. The minimum absolute atomic E-state index is 0. The van der Waals surface area contributed by atoms with Gasteiger partial charge in [-0.25, -0.2) is 0 Å². The molecule has 0 amide bonds. The van der Waals surface area contributed by atoms with Crippen LogP contribution in [0.25, 0.3) is 0 Å². The van der Waals surface area contributed by atoms with Crippen molar-refractivity contribution in [2.45, 2.75) is 44.1 Å². The SMILES string of the molecule is COC(=O)C1(N)CCCC(C2CC2)C1.Cl. The largest absolute Gasteiger partial charge is 0.468 e. The summed E-state index contributed by atoms with van der Waals surface area (Å²) in [5.74, 6) is 1.30. The summed E-state index contributed by atoms with van der Waals surface area (Å²) in [6.07, 6.45) is 6.63. The van der Waals surface area contributed by atoms with Crippen molar-refractivity contribution in [3.63, 3.8) is 0 Å². The lowest BCUT2D eigenvalue weighted by atomic mass is 9.74. The van der Waals surface area contributed by atoms with Gasteiger partial charge in [-0.05, 0) is 37.5 Å². The van der Waals surface area contributed by atoms with E-state index in [9.17, 15) is 4.79 Å². The number of esters is 1. The lowest BCUT2D eigenvalue weighted by molar-refractivity contribution is -0.149. The summed E-state index contributed by atoms with van der Waals surface area (Å²) in [4.78, 5) is 11.5. The van der Waals surface area contributed by atoms with Crippen molar-refractivity contribution in [2.75, 3.05) is 7.11 Å². The minimum Gasteiger partial charge on any atom is -0.468 e. The van der Waals surface area contributed by atoms with Gasteiger partial charge in [0.1, 0.15) is 5.54 Å². The van der Waals surface area contributed by atoms with Crippen LogP contribution in [-0.2, 0) is 9.53 Å². The van der Waals surface area contributed by atoms with E-state index in [1.54, 1.807) is 0 Å². The normalized spacial score (nSPS) is 35.5. The van der Waals surface area contributed by atoms with E-state index in [-0.39, 0.29) is 18.4 Å². The molecule has 0 aromatic heterocycles. The van der Waals surface area contributed by atoms with Crippen molar-refractivity contribution in [1.29, 1.82) is 0 Å². The van der Waals surface area contributed by atoms with Crippen LogP contribution in [0.4, 0.5) is 0 Å². The molecule has 0 spiro atoms. The second-order valence-corrected chi connectivity index (χ2v) is 4.84. The molecular weight excluding hydrogens is 214 g/mol. The maximum Gasteiger partial charge on any atom is 0.325 e. The third kappa shape index (κ3) is 2.64. The average molecular weight is 234 g/mol.